The summed E-state index contributed by atoms with van der Waals surface area (Å²) in [5.74, 6) is 2.09. The first-order chi connectivity index (χ1) is 11.8. The van der Waals surface area contributed by atoms with E-state index < -0.39 is 0 Å². The van der Waals surface area contributed by atoms with Gasteiger partial charge in [0, 0.05) is 32.1 Å². The third kappa shape index (κ3) is 4.30. The predicted octanol–water partition coefficient (Wildman–Crippen LogP) is 3.51. The minimum Gasteiger partial charge on any atom is -0.381 e. The first-order valence-electron chi connectivity index (χ1n) is 8.49. The van der Waals surface area contributed by atoms with Crippen LogP contribution in [0.5, 0.6) is 0 Å². The number of rotatable bonds is 6. The van der Waals surface area contributed by atoms with Gasteiger partial charge in [0.1, 0.15) is 12.4 Å². The molecule has 5 heteroatoms. The summed E-state index contributed by atoms with van der Waals surface area (Å²) in [4.78, 5) is 9.03. The predicted molar refractivity (Wildman–Crippen MR) is 93.8 cm³/mol. The van der Waals surface area contributed by atoms with Crippen molar-refractivity contribution in [1.82, 2.24) is 9.97 Å². The van der Waals surface area contributed by atoms with Crippen molar-refractivity contribution in [3.05, 3.63) is 53.5 Å². The Kier molecular flexibility index (Phi) is 5.77. The van der Waals surface area contributed by atoms with E-state index in [1.807, 2.05) is 13.0 Å². The second kappa shape index (κ2) is 8.22. The molecule has 0 bridgehead atoms. The SMILES string of the molecule is COCc1nc(C)cc(NC(c2ccccc2)C2CCOCC2)n1. The lowest BCUT2D eigenvalue weighted by atomic mass is 9.87. The zero-order valence-corrected chi connectivity index (χ0v) is 14.4. The van der Waals surface area contributed by atoms with Crippen molar-refractivity contribution in [3.8, 4) is 0 Å². The average molecular weight is 327 g/mol. The molecule has 1 unspecified atom stereocenters. The zero-order valence-electron chi connectivity index (χ0n) is 14.4. The van der Waals surface area contributed by atoms with E-state index in [-0.39, 0.29) is 6.04 Å². The van der Waals surface area contributed by atoms with E-state index in [0.29, 0.717) is 18.3 Å². The van der Waals surface area contributed by atoms with Crippen LogP contribution in [0.4, 0.5) is 5.82 Å². The molecule has 0 spiro atoms. The van der Waals surface area contributed by atoms with Crippen LogP contribution in [0, 0.1) is 12.8 Å². The van der Waals surface area contributed by atoms with Gasteiger partial charge in [-0.15, -0.1) is 0 Å². The maximum absolute atomic E-state index is 5.54. The van der Waals surface area contributed by atoms with Crippen LogP contribution < -0.4 is 5.32 Å². The van der Waals surface area contributed by atoms with Gasteiger partial charge in [-0.2, -0.15) is 0 Å². The Morgan fingerprint density at radius 2 is 1.96 bits per heavy atom. The maximum atomic E-state index is 5.54. The van der Waals surface area contributed by atoms with Crippen LogP contribution in [0.25, 0.3) is 0 Å². The average Bonchev–Trinajstić information content (AvgIpc) is 2.61. The van der Waals surface area contributed by atoms with Crippen LogP contribution >= 0.6 is 0 Å². The summed E-state index contributed by atoms with van der Waals surface area (Å²) in [7, 11) is 1.66. The zero-order chi connectivity index (χ0) is 16.8. The molecule has 0 saturated carbocycles. The molecule has 1 N–H and O–H groups in total. The fraction of sp³-hybridized carbons (Fsp3) is 0.474. The molecule has 5 nitrogen and oxygen atoms in total. The van der Waals surface area contributed by atoms with Crippen LogP contribution in [-0.4, -0.2) is 30.3 Å². The molecule has 1 aromatic carbocycles. The summed E-state index contributed by atoms with van der Waals surface area (Å²) in [6.45, 7) is 4.06. The number of methoxy groups -OCH3 is 1. The van der Waals surface area contributed by atoms with Crippen molar-refractivity contribution in [2.24, 2.45) is 5.92 Å². The van der Waals surface area contributed by atoms with E-state index in [4.69, 9.17) is 9.47 Å². The Balaban J connectivity index is 1.86. The minimum absolute atomic E-state index is 0.222. The third-order valence-corrected chi connectivity index (χ3v) is 4.37. The number of hydrogen-bond donors (Lipinski definition) is 1. The summed E-state index contributed by atoms with van der Waals surface area (Å²) >= 11 is 0. The smallest absolute Gasteiger partial charge is 0.156 e. The second-order valence-corrected chi connectivity index (χ2v) is 6.23. The topological polar surface area (TPSA) is 56.3 Å². The standard InChI is InChI=1S/C19H25N3O2/c1-14-12-17(21-18(20-14)13-23-2)22-19(15-6-4-3-5-7-15)16-8-10-24-11-9-16/h3-7,12,16,19H,8-11,13H2,1-2H3,(H,20,21,22). The molecule has 3 rings (SSSR count). The Morgan fingerprint density at radius 1 is 1.21 bits per heavy atom. The molecule has 2 heterocycles. The highest BCUT2D eigenvalue weighted by Crippen LogP contribution is 2.32. The first kappa shape index (κ1) is 16.9. The molecule has 1 saturated heterocycles. The van der Waals surface area contributed by atoms with Crippen LogP contribution in [0.3, 0.4) is 0 Å². The maximum Gasteiger partial charge on any atom is 0.156 e. The number of aromatic nitrogens is 2. The number of hydrogen-bond acceptors (Lipinski definition) is 5. The molecule has 1 aliphatic rings. The van der Waals surface area contributed by atoms with Gasteiger partial charge >= 0.3 is 0 Å². The number of nitrogens with zero attached hydrogens (tertiary/aromatic N) is 2. The van der Waals surface area contributed by atoms with Gasteiger partial charge in [-0.3, -0.25) is 0 Å². The number of aryl methyl sites for hydroxylation is 1. The van der Waals surface area contributed by atoms with E-state index in [9.17, 15) is 0 Å². The number of ether oxygens (including phenoxy) is 2. The Labute approximate surface area is 143 Å². The number of benzene rings is 1. The van der Waals surface area contributed by atoms with E-state index in [1.165, 1.54) is 5.56 Å². The fourth-order valence-electron chi connectivity index (χ4n) is 3.24. The van der Waals surface area contributed by atoms with E-state index in [1.54, 1.807) is 7.11 Å². The monoisotopic (exact) mass is 327 g/mol. The van der Waals surface area contributed by atoms with Gasteiger partial charge in [0.2, 0.25) is 0 Å². The quantitative estimate of drug-likeness (QED) is 0.880. The van der Waals surface area contributed by atoms with Gasteiger partial charge in [0.25, 0.3) is 0 Å². The molecule has 1 atom stereocenters. The molecule has 0 aliphatic carbocycles. The van der Waals surface area contributed by atoms with E-state index >= 15 is 0 Å². The third-order valence-electron chi connectivity index (χ3n) is 4.37. The van der Waals surface area contributed by atoms with E-state index in [2.05, 4.69) is 45.6 Å². The highest BCUT2D eigenvalue weighted by Gasteiger charge is 2.26. The van der Waals surface area contributed by atoms with Gasteiger partial charge in [-0.05, 0) is 31.2 Å². The normalized spacial score (nSPS) is 16.8. The summed E-state index contributed by atoms with van der Waals surface area (Å²) in [6, 6.07) is 12.8. The molecular formula is C19H25N3O2. The first-order valence-corrected chi connectivity index (χ1v) is 8.49. The lowest BCUT2D eigenvalue weighted by molar-refractivity contribution is 0.0604. The lowest BCUT2D eigenvalue weighted by Crippen LogP contribution is -2.27. The highest BCUT2D eigenvalue weighted by molar-refractivity contribution is 5.40. The van der Waals surface area contributed by atoms with Gasteiger partial charge < -0.3 is 14.8 Å². The van der Waals surface area contributed by atoms with Crippen LogP contribution in [0.2, 0.25) is 0 Å². The lowest BCUT2D eigenvalue weighted by Gasteiger charge is -2.32. The van der Waals surface area contributed by atoms with Gasteiger partial charge in [0.05, 0.1) is 6.04 Å². The van der Waals surface area contributed by atoms with Crippen molar-refractivity contribution in [1.29, 1.82) is 0 Å². The number of anilines is 1. The Hall–Kier alpha value is -1.98. The molecule has 2 aromatic rings. The van der Waals surface area contributed by atoms with Crippen LogP contribution in [-0.2, 0) is 16.1 Å². The Morgan fingerprint density at radius 3 is 2.67 bits per heavy atom. The second-order valence-electron chi connectivity index (χ2n) is 6.23. The van der Waals surface area contributed by atoms with Gasteiger partial charge in [0.15, 0.2) is 5.82 Å². The molecule has 0 radical (unpaired) electrons. The van der Waals surface area contributed by atoms with Gasteiger partial charge in [-0.25, -0.2) is 9.97 Å². The van der Waals surface area contributed by atoms with Crippen molar-refractivity contribution >= 4 is 5.82 Å². The summed E-state index contributed by atoms with van der Waals surface area (Å²) in [5.41, 5.74) is 2.23. The summed E-state index contributed by atoms with van der Waals surface area (Å²) < 4.78 is 10.7. The molecule has 1 fully saturated rings. The number of nitrogens with one attached hydrogen (secondary N) is 1. The van der Waals surface area contributed by atoms with Crippen molar-refractivity contribution in [2.45, 2.75) is 32.4 Å². The summed E-state index contributed by atoms with van der Waals surface area (Å²) in [6.07, 6.45) is 2.11. The summed E-state index contributed by atoms with van der Waals surface area (Å²) in [5, 5.41) is 3.64. The molecule has 0 amide bonds. The van der Waals surface area contributed by atoms with Gasteiger partial charge in [-0.1, -0.05) is 30.3 Å². The molecule has 1 aromatic heterocycles. The minimum atomic E-state index is 0.222. The van der Waals surface area contributed by atoms with Crippen molar-refractivity contribution < 1.29 is 9.47 Å². The molecule has 128 valence electrons. The molecule has 24 heavy (non-hydrogen) atoms. The largest absolute Gasteiger partial charge is 0.381 e. The van der Waals surface area contributed by atoms with E-state index in [0.717, 1.165) is 37.6 Å². The van der Waals surface area contributed by atoms with Crippen molar-refractivity contribution in [3.63, 3.8) is 0 Å². The van der Waals surface area contributed by atoms with Crippen LogP contribution in [0.1, 0.15) is 36.0 Å². The molecular weight excluding hydrogens is 302 g/mol. The Bertz CT molecular complexity index is 642. The fourth-order valence-corrected chi connectivity index (χ4v) is 3.24. The molecule has 1 aliphatic heterocycles. The highest BCUT2D eigenvalue weighted by atomic mass is 16.5. The van der Waals surface area contributed by atoms with Crippen molar-refractivity contribution in [2.75, 3.05) is 25.6 Å². The van der Waals surface area contributed by atoms with Crippen LogP contribution in [0.15, 0.2) is 36.4 Å².